The lowest BCUT2D eigenvalue weighted by Gasteiger charge is -1.99. The van der Waals surface area contributed by atoms with E-state index < -0.39 is 0 Å². The second kappa shape index (κ2) is 4.41. The summed E-state index contributed by atoms with van der Waals surface area (Å²) in [6, 6.07) is 9.60. The van der Waals surface area contributed by atoms with E-state index in [0.29, 0.717) is 5.78 Å². The van der Waals surface area contributed by atoms with Crippen LogP contribution in [0.2, 0.25) is 0 Å². The Morgan fingerprint density at radius 2 is 1.93 bits per heavy atom. The first-order valence-corrected chi connectivity index (χ1v) is 5.44. The van der Waals surface area contributed by atoms with E-state index in [1.807, 2.05) is 30.3 Å². The van der Waals surface area contributed by atoms with Gasteiger partial charge in [0.2, 0.25) is 0 Å². The molecule has 1 aliphatic carbocycles. The highest BCUT2D eigenvalue weighted by Crippen LogP contribution is 2.33. The Balaban J connectivity index is 1.77. The molecule has 0 amide bonds. The van der Waals surface area contributed by atoms with Crippen molar-refractivity contribution < 1.29 is 4.79 Å². The molecule has 2 rings (SSSR count). The molecule has 1 aliphatic rings. The number of rotatable bonds is 5. The number of hydrogen-bond acceptors (Lipinski definition) is 1. The fourth-order valence-corrected chi connectivity index (χ4v) is 1.73. The van der Waals surface area contributed by atoms with Gasteiger partial charge in [-0.15, -0.1) is 0 Å². The smallest absolute Gasteiger partial charge is 0.162 e. The van der Waals surface area contributed by atoms with Crippen LogP contribution in [-0.2, 0) is 0 Å². The minimum atomic E-state index is 0.297. The summed E-state index contributed by atoms with van der Waals surface area (Å²) in [5, 5.41) is 0. The lowest BCUT2D eigenvalue weighted by atomic mass is 10.0. The summed E-state index contributed by atoms with van der Waals surface area (Å²) in [6.45, 7) is 0. The maximum atomic E-state index is 11.6. The van der Waals surface area contributed by atoms with Gasteiger partial charge in [-0.05, 0) is 12.3 Å². The second-order valence-corrected chi connectivity index (χ2v) is 4.12. The van der Waals surface area contributed by atoms with Crippen molar-refractivity contribution in [3.63, 3.8) is 0 Å². The Morgan fingerprint density at radius 1 is 1.21 bits per heavy atom. The van der Waals surface area contributed by atoms with Gasteiger partial charge in [-0.3, -0.25) is 4.79 Å². The molecule has 74 valence electrons. The van der Waals surface area contributed by atoms with Crippen molar-refractivity contribution in [1.29, 1.82) is 0 Å². The zero-order valence-electron chi connectivity index (χ0n) is 8.41. The van der Waals surface area contributed by atoms with Crippen molar-refractivity contribution in [2.24, 2.45) is 5.92 Å². The van der Waals surface area contributed by atoms with E-state index in [0.717, 1.165) is 24.3 Å². The molecule has 1 aromatic rings. The van der Waals surface area contributed by atoms with Crippen molar-refractivity contribution in [3.05, 3.63) is 35.9 Å². The molecule has 0 unspecified atom stereocenters. The van der Waals surface area contributed by atoms with E-state index in [4.69, 9.17) is 0 Å². The molecular weight excluding hydrogens is 172 g/mol. The van der Waals surface area contributed by atoms with E-state index in [1.54, 1.807) is 0 Å². The summed E-state index contributed by atoms with van der Waals surface area (Å²) < 4.78 is 0. The molecule has 0 aromatic heterocycles. The van der Waals surface area contributed by atoms with E-state index >= 15 is 0 Å². The third-order valence-electron chi connectivity index (χ3n) is 2.81. The van der Waals surface area contributed by atoms with Gasteiger partial charge in [-0.2, -0.15) is 0 Å². The van der Waals surface area contributed by atoms with Crippen LogP contribution < -0.4 is 0 Å². The Labute approximate surface area is 85.1 Å². The largest absolute Gasteiger partial charge is 0.294 e. The SMILES string of the molecule is O=C(CCCC1CC1)c1ccccc1. The van der Waals surface area contributed by atoms with Crippen LogP contribution in [0.25, 0.3) is 0 Å². The normalized spacial score (nSPS) is 15.4. The Morgan fingerprint density at radius 3 is 2.57 bits per heavy atom. The van der Waals surface area contributed by atoms with E-state index in [2.05, 4.69) is 0 Å². The van der Waals surface area contributed by atoms with Gasteiger partial charge in [-0.25, -0.2) is 0 Å². The van der Waals surface area contributed by atoms with Crippen molar-refractivity contribution in [3.8, 4) is 0 Å². The van der Waals surface area contributed by atoms with E-state index in [-0.39, 0.29) is 0 Å². The van der Waals surface area contributed by atoms with Crippen LogP contribution in [0.4, 0.5) is 0 Å². The summed E-state index contributed by atoms with van der Waals surface area (Å²) in [5.41, 5.74) is 0.864. The zero-order chi connectivity index (χ0) is 9.80. The summed E-state index contributed by atoms with van der Waals surface area (Å²) in [5.74, 6) is 1.24. The number of Topliss-reactive ketones (excluding diaryl/α,β-unsaturated/α-hetero) is 1. The number of carbonyl (C=O) groups excluding carboxylic acids is 1. The van der Waals surface area contributed by atoms with Gasteiger partial charge in [0.1, 0.15) is 0 Å². The van der Waals surface area contributed by atoms with Gasteiger partial charge >= 0.3 is 0 Å². The van der Waals surface area contributed by atoms with Crippen LogP contribution in [0, 0.1) is 5.92 Å². The number of carbonyl (C=O) groups is 1. The van der Waals surface area contributed by atoms with Crippen LogP contribution in [0.15, 0.2) is 30.3 Å². The Kier molecular flexibility index (Phi) is 2.97. The lowest BCUT2D eigenvalue weighted by Crippen LogP contribution is -1.98. The Hall–Kier alpha value is -1.11. The monoisotopic (exact) mass is 188 g/mol. The van der Waals surface area contributed by atoms with Gasteiger partial charge in [-0.1, -0.05) is 49.6 Å². The fourth-order valence-electron chi connectivity index (χ4n) is 1.73. The number of benzene rings is 1. The highest BCUT2D eigenvalue weighted by Gasteiger charge is 2.20. The standard InChI is InChI=1S/C13H16O/c14-13(8-4-5-11-9-10-11)12-6-2-1-3-7-12/h1-3,6-7,11H,4-5,8-10H2. The van der Waals surface area contributed by atoms with E-state index in [1.165, 1.54) is 19.3 Å². The lowest BCUT2D eigenvalue weighted by molar-refractivity contribution is 0.0979. The van der Waals surface area contributed by atoms with Gasteiger partial charge in [0.05, 0.1) is 0 Å². The predicted octanol–water partition coefficient (Wildman–Crippen LogP) is 3.45. The summed E-state index contributed by atoms with van der Waals surface area (Å²) >= 11 is 0. The molecule has 0 spiro atoms. The van der Waals surface area contributed by atoms with Gasteiger partial charge in [0.15, 0.2) is 5.78 Å². The minimum Gasteiger partial charge on any atom is -0.294 e. The zero-order valence-corrected chi connectivity index (χ0v) is 8.41. The molecule has 1 aromatic carbocycles. The number of hydrogen-bond donors (Lipinski definition) is 0. The summed E-state index contributed by atoms with van der Waals surface area (Å²) in [4.78, 5) is 11.6. The molecule has 14 heavy (non-hydrogen) atoms. The van der Waals surface area contributed by atoms with Crippen molar-refractivity contribution in [1.82, 2.24) is 0 Å². The third kappa shape index (κ3) is 2.69. The average Bonchev–Trinajstić information content (AvgIpc) is 3.03. The van der Waals surface area contributed by atoms with E-state index in [9.17, 15) is 4.79 Å². The van der Waals surface area contributed by atoms with Crippen LogP contribution in [0.1, 0.15) is 42.5 Å². The molecule has 0 saturated heterocycles. The fraction of sp³-hybridized carbons (Fsp3) is 0.462. The van der Waals surface area contributed by atoms with Crippen LogP contribution in [-0.4, -0.2) is 5.78 Å². The van der Waals surface area contributed by atoms with Gasteiger partial charge in [0, 0.05) is 12.0 Å². The third-order valence-corrected chi connectivity index (χ3v) is 2.81. The molecule has 1 heteroatoms. The summed E-state index contributed by atoms with van der Waals surface area (Å²) in [6.07, 6.45) is 5.82. The molecule has 0 aliphatic heterocycles. The molecule has 0 atom stereocenters. The Bertz CT molecular complexity index is 298. The molecule has 1 nitrogen and oxygen atoms in total. The first kappa shape index (κ1) is 9.45. The molecule has 0 N–H and O–H groups in total. The molecular formula is C13H16O. The number of ketones is 1. The molecule has 1 saturated carbocycles. The van der Waals surface area contributed by atoms with Crippen LogP contribution in [0.5, 0.6) is 0 Å². The molecule has 0 heterocycles. The molecule has 0 bridgehead atoms. The van der Waals surface area contributed by atoms with Crippen molar-refractivity contribution >= 4 is 5.78 Å². The first-order valence-electron chi connectivity index (χ1n) is 5.44. The highest BCUT2D eigenvalue weighted by atomic mass is 16.1. The average molecular weight is 188 g/mol. The second-order valence-electron chi connectivity index (χ2n) is 4.12. The van der Waals surface area contributed by atoms with Crippen LogP contribution >= 0.6 is 0 Å². The van der Waals surface area contributed by atoms with Crippen LogP contribution in [0.3, 0.4) is 0 Å². The summed E-state index contributed by atoms with van der Waals surface area (Å²) in [7, 11) is 0. The maximum absolute atomic E-state index is 11.6. The molecule has 0 radical (unpaired) electrons. The maximum Gasteiger partial charge on any atom is 0.162 e. The van der Waals surface area contributed by atoms with Gasteiger partial charge < -0.3 is 0 Å². The van der Waals surface area contributed by atoms with Gasteiger partial charge in [0.25, 0.3) is 0 Å². The minimum absolute atomic E-state index is 0.297. The predicted molar refractivity (Wildman–Crippen MR) is 57.3 cm³/mol. The highest BCUT2D eigenvalue weighted by molar-refractivity contribution is 5.95. The molecule has 1 fully saturated rings. The van der Waals surface area contributed by atoms with Crippen molar-refractivity contribution in [2.45, 2.75) is 32.1 Å². The topological polar surface area (TPSA) is 17.1 Å². The quantitative estimate of drug-likeness (QED) is 0.647. The van der Waals surface area contributed by atoms with Crippen molar-refractivity contribution in [2.75, 3.05) is 0 Å². The first-order chi connectivity index (χ1) is 6.86.